The molecule has 4 nitrogen and oxygen atoms in total. The molecule has 0 radical (unpaired) electrons. The first-order valence-electron chi connectivity index (χ1n) is 30.5. The SMILES string of the molecule is c1ccc(-c2cccc(N(c3ccc4cc5c(cc4c3)C(c3ccccc3)(c3ccccc3)c3c-5c4ccccc4c4cc(N(c5cccc(-c6ccccc6)c5)c5cccc6c5oc5ccccc56)ccc34)c3cccc4c3oc3ccccc34)c2)cc1. The maximum atomic E-state index is 6.90. The maximum absolute atomic E-state index is 6.90. The van der Waals surface area contributed by atoms with Crippen LogP contribution in [0.1, 0.15) is 22.3 Å². The van der Waals surface area contributed by atoms with Crippen LogP contribution in [0, 0.1) is 0 Å². The van der Waals surface area contributed by atoms with Gasteiger partial charge in [0.2, 0.25) is 0 Å². The molecule has 1 aliphatic rings. The third-order valence-corrected chi connectivity index (χ3v) is 18.6. The minimum Gasteiger partial charge on any atom is -0.454 e. The fourth-order valence-electron chi connectivity index (χ4n) is 14.8. The fraction of sp³-hybridized carbons (Fsp3) is 0.0118. The first-order chi connectivity index (χ1) is 44.1. The molecule has 1 aliphatic carbocycles. The minimum atomic E-state index is -0.756. The monoisotopic (exact) mass is 1130 g/mol. The van der Waals surface area contributed by atoms with E-state index in [2.05, 4.69) is 325 Å². The minimum absolute atomic E-state index is 0.756. The van der Waals surface area contributed by atoms with Gasteiger partial charge < -0.3 is 18.6 Å². The van der Waals surface area contributed by atoms with E-state index in [0.717, 1.165) is 111 Å². The zero-order chi connectivity index (χ0) is 58.6. The molecule has 0 fully saturated rings. The van der Waals surface area contributed by atoms with Crippen molar-refractivity contribution in [2.75, 3.05) is 9.80 Å². The van der Waals surface area contributed by atoms with E-state index < -0.39 is 5.41 Å². The average molecular weight is 1140 g/mol. The second-order valence-corrected chi connectivity index (χ2v) is 23.4. The Labute approximate surface area is 514 Å². The summed E-state index contributed by atoms with van der Waals surface area (Å²) in [6.45, 7) is 0. The van der Waals surface area contributed by atoms with Crippen molar-refractivity contribution >= 4 is 110 Å². The molecule has 0 saturated heterocycles. The zero-order valence-electron chi connectivity index (χ0n) is 48.4. The summed E-state index contributed by atoms with van der Waals surface area (Å²) < 4.78 is 13.8. The van der Waals surface area contributed by atoms with Crippen molar-refractivity contribution in [3.8, 4) is 33.4 Å². The van der Waals surface area contributed by atoms with Crippen molar-refractivity contribution in [2.24, 2.45) is 0 Å². The molecule has 0 spiro atoms. The Bertz CT molecular complexity index is 5590. The van der Waals surface area contributed by atoms with Gasteiger partial charge in [0.25, 0.3) is 0 Å². The number of nitrogens with zero attached hydrogens (tertiary/aromatic N) is 2. The highest BCUT2D eigenvalue weighted by Crippen LogP contribution is 2.62. The highest BCUT2D eigenvalue weighted by Gasteiger charge is 2.48. The number of fused-ring (bicyclic) bond motifs is 15. The lowest BCUT2D eigenvalue weighted by atomic mass is 9.66. The summed E-state index contributed by atoms with van der Waals surface area (Å²) in [7, 11) is 0. The molecule has 2 aromatic heterocycles. The van der Waals surface area contributed by atoms with Gasteiger partial charge in [-0.1, -0.05) is 243 Å². The van der Waals surface area contributed by atoms with Crippen LogP contribution < -0.4 is 9.80 Å². The molecule has 0 unspecified atom stereocenters. The van der Waals surface area contributed by atoms with E-state index in [1.165, 1.54) is 54.9 Å². The van der Waals surface area contributed by atoms with Gasteiger partial charge in [-0.3, -0.25) is 0 Å². The number of hydrogen-bond donors (Lipinski definition) is 0. The normalized spacial score (nSPS) is 12.6. The van der Waals surface area contributed by atoms with E-state index in [0.29, 0.717) is 0 Å². The summed E-state index contributed by atoms with van der Waals surface area (Å²) in [6.07, 6.45) is 0. The van der Waals surface area contributed by atoms with Crippen molar-refractivity contribution < 1.29 is 8.83 Å². The van der Waals surface area contributed by atoms with Gasteiger partial charge in [-0.15, -0.1) is 0 Å². The van der Waals surface area contributed by atoms with Crippen molar-refractivity contribution in [1.82, 2.24) is 0 Å². The lowest BCUT2D eigenvalue weighted by molar-refractivity contribution is 0.668. The summed E-state index contributed by atoms with van der Waals surface area (Å²) in [5.74, 6) is 0. The molecule has 4 heteroatoms. The molecular weight excluding hydrogens is 1080 g/mol. The molecule has 15 aromatic carbocycles. The van der Waals surface area contributed by atoms with E-state index in [1.54, 1.807) is 0 Å². The van der Waals surface area contributed by atoms with E-state index in [-0.39, 0.29) is 0 Å². The lowest BCUT2D eigenvalue weighted by Gasteiger charge is -2.35. The van der Waals surface area contributed by atoms with Gasteiger partial charge in [-0.25, -0.2) is 0 Å². The second kappa shape index (κ2) is 20.2. The highest BCUT2D eigenvalue weighted by atomic mass is 16.3. The van der Waals surface area contributed by atoms with E-state index in [1.807, 2.05) is 12.1 Å². The molecule has 17 aromatic rings. The molecule has 89 heavy (non-hydrogen) atoms. The van der Waals surface area contributed by atoms with Gasteiger partial charge in [0.15, 0.2) is 11.2 Å². The molecule has 416 valence electrons. The third kappa shape index (κ3) is 7.87. The number of benzene rings is 15. The van der Waals surface area contributed by atoms with Crippen LogP contribution in [0.2, 0.25) is 0 Å². The maximum Gasteiger partial charge on any atom is 0.159 e. The van der Waals surface area contributed by atoms with E-state index in [9.17, 15) is 0 Å². The number of furan rings is 2. The van der Waals surface area contributed by atoms with Gasteiger partial charge >= 0.3 is 0 Å². The molecule has 0 N–H and O–H groups in total. The third-order valence-electron chi connectivity index (χ3n) is 18.6. The number of hydrogen-bond acceptors (Lipinski definition) is 4. The Morgan fingerprint density at radius 1 is 0.258 bits per heavy atom. The van der Waals surface area contributed by atoms with Gasteiger partial charge in [0.1, 0.15) is 11.2 Å². The predicted octanol–water partition coefficient (Wildman–Crippen LogP) is 23.6. The summed E-state index contributed by atoms with van der Waals surface area (Å²) in [5, 5.41) is 11.4. The molecule has 2 heterocycles. The summed E-state index contributed by atoms with van der Waals surface area (Å²) in [5.41, 5.74) is 20.7. The molecular formula is C85H54N2O2. The van der Waals surface area contributed by atoms with Gasteiger partial charge in [0.05, 0.1) is 16.8 Å². The topological polar surface area (TPSA) is 32.8 Å². The van der Waals surface area contributed by atoms with Crippen LogP contribution >= 0.6 is 0 Å². The Hall–Kier alpha value is -11.7. The van der Waals surface area contributed by atoms with E-state index >= 15 is 0 Å². The summed E-state index contributed by atoms with van der Waals surface area (Å²) in [6, 6.07) is 120. The molecule has 0 aliphatic heterocycles. The molecule has 0 amide bonds. The second-order valence-electron chi connectivity index (χ2n) is 23.4. The smallest absolute Gasteiger partial charge is 0.159 e. The van der Waals surface area contributed by atoms with Crippen LogP contribution in [-0.2, 0) is 5.41 Å². The molecule has 0 saturated carbocycles. The van der Waals surface area contributed by atoms with Crippen LogP contribution in [0.25, 0.3) is 110 Å². The summed E-state index contributed by atoms with van der Waals surface area (Å²) >= 11 is 0. The predicted molar refractivity (Wildman–Crippen MR) is 371 cm³/mol. The Morgan fingerprint density at radius 2 is 0.697 bits per heavy atom. The number of anilines is 6. The fourth-order valence-corrected chi connectivity index (χ4v) is 14.8. The quantitative estimate of drug-likeness (QED) is 0.128. The van der Waals surface area contributed by atoms with Crippen LogP contribution in [0.15, 0.2) is 336 Å². The van der Waals surface area contributed by atoms with Crippen LogP contribution in [-0.4, -0.2) is 0 Å². The average Bonchev–Trinajstić information content (AvgIpc) is 1.54. The Balaban J connectivity index is 0.893. The molecule has 0 bridgehead atoms. The first kappa shape index (κ1) is 50.6. The zero-order valence-corrected chi connectivity index (χ0v) is 48.4. The van der Waals surface area contributed by atoms with Crippen molar-refractivity contribution in [1.29, 1.82) is 0 Å². The number of para-hydroxylation sites is 4. The van der Waals surface area contributed by atoms with Crippen LogP contribution in [0.3, 0.4) is 0 Å². The van der Waals surface area contributed by atoms with Gasteiger partial charge in [0, 0.05) is 44.3 Å². The van der Waals surface area contributed by atoms with Gasteiger partial charge in [-0.05, 0) is 173 Å². The standard InChI is InChI=1S/C85H54N2O2/c1-5-23-55(24-6-1)57-27-19-33-63(49-57)86(77-41-21-39-72-68-36-15-17-43-79(68)88-83(72)77)65-46-45-59-52-75-76(53-60(59)51-65)85(61-29-9-3-10-30-61,62-31-11-4-12-32-62)82-71-48-47-66(54-74(71)67-35-13-14-38-70(67)81(75)82)87(64-34-20-28-58(50-64)56-25-7-2-8-26-56)78-42-22-40-73-69-37-16-18-44-80(69)89-84(73)78/h1-54H. The van der Waals surface area contributed by atoms with E-state index in [4.69, 9.17) is 8.83 Å². The van der Waals surface area contributed by atoms with Crippen LogP contribution in [0.4, 0.5) is 34.1 Å². The highest BCUT2D eigenvalue weighted by molar-refractivity contribution is 6.21. The largest absolute Gasteiger partial charge is 0.454 e. The first-order valence-corrected chi connectivity index (χ1v) is 30.5. The van der Waals surface area contributed by atoms with Crippen LogP contribution in [0.5, 0.6) is 0 Å². The number of rotatable bonds is 10. The Kier molecular flexibility index (Phi) is 11.5. The van der Waals surface area contributed by atoms with Gasteiger partial charge in [-0.2, -0.15) is 0 Å². The lowest BCUT2D eigenvalue weighted by Crippen LogP contribution is -2.29. The molecule has 18 rings (SSSR count). The van der Waals surface area contributed by atoms with Crippen molar-refractivity contribution in [3.63, 3.8) is 0 Å². The molecule has 0 atom stereocenters. The van der Waals surface area contributed by atoms with Crippen molar-refractivity contribution in [2.45, 2.75) is 5.41 Å². The van der Waals surface area contributed by atoms with Crippen molar-refractivity contribution in [3.05, 3.63) is 350 Å². The summed E-state index contributed by atoms with van der Waals surface area (Å²) in [4.78, 5) is 4.78. The Morgan fingerprint density at radius 3 is 1.26 bits per heavy atom.